The van der Waals surface area contributed by atoms with E-state index >= 15 is 0 Å². The largest absolute Gasteiger partial charge is 0.318 e. The zero-order chi connectivity index (χ0) is 16.1. The first-order valence-corrected chi connectivity index (χ1v) is 8.44. The van der Waals surface area contributed by atoms with Gasteiger partial charge in [0.1, 0.15) is 0 Å². The first-order valence-electron chi connectivity index (χ1n) is 7.56. The van der Waals surface area contributed by atoms with Gasteiger partial charge in [0.2, 0.25) is 5.91 Å². The molecule has 0 radical (unpaired) electrons. The summed E-state index contributed by atoms with van der Waals surface area (Å²) in [4.78, 5) is 16.2. The molecule has 0 aliphatic heterocycles. The number of nitrogens with zero attached hydrogens (tertiary/aromatic N) is 1. The lowest BCUT2D eigenvalue weighted by Crippen LogP contribution is -2.13. The number of carbonyl (C=O) groups excluding carboxylic acids is 1. The quantitative estimate of drug-likeness (QED) is 0.722. The first-order chi connectivity index (χ1) is 11.2. The van der Waals surface area contributed by atoms with E-state index in [0.717, 1.165) is 16.1 Å². The van der Waals surface area contributed by atoms with Crippen LogP contribution in [0.25, 0.3) is 11.1 Å². The number of amides is 1. The van der Waals surface area contributed by atoms with Crippen molar-refractivity contribution in [3.8, 4) is 11.1 Å². The monoisotopic (exact) mass is 322 g/mol. The van der Waals surface area contributed by atoms with E-state index in [4.69, 9.17) is 0 Å². The third kappa shape index (κ3) is 4.05. The van der Waals surface area contributed by atoms with Gasteiger partial charge in [-0.05, 0) is 40.8 Å². The molecule has 1 atom stereocenters. The van der Waals surface area contributed by atoms with E-state index in [-0.39, 0.29) is 11.8 Å². The highest BCUT2D eigenvalue weighted by molar-refractivity contribution is 7.14. The van der Waals surface area contributed by atoms with E-state index < -0.39 is 0 Å². The maximum Gasteiger partial charge on any atom is 0.225 e. The molecule has 0 saturated carbocycles. The Labute approximate surface area is 140 Å². The van der Waals surface area contributed by atoms with Crippen LogP contribution in [-0.2, 0) is 4.79 Å². The fourth-order valence-electron chi connectivity index (χ4n) is 2.46. The Kier molecular flexibility index (Phi) is 4.83. The first kappa shape index (κ1) is 15.4. The van der Waals surface area contributed by atoms with Crippen molar-refractivity contribution in [2.45, 2.75) is 19.3 Å². The van der Waals surface area contributed by atoms with Crippen LogP contribution in [0.1, 0.15) is 24.8 Å². The maximum absolute atomic E-state index is 12.2. The van der Waals surface area contributed by atoms with Gasteiger partial charge < -0.3 is 5.32 Å². The fraction of sp³-hybridized carbons (Fsp3) is 0.158. The van der Waals surface area contributed by atoms with Crippen molar-refractivity contribution in [3.05, 3.63) is 71.9 Å². The van der Waals surface area contributed by atoms with Crippen molar-refractivity contribution >= 4 is 22.2 Å². The molecule has 23 heavy (non-hydrogen) atoms. The predicted molar refractivity (Wildman–Crippen MR) is 95.7 cm³/mol. The van der Waals surface area contributed by atoms with Crippen LogP contribution in [0.2, 0.25) is 0 Å². The Morgan fingerprint density at radius 3 is 2.61 bits per heavy atom. The molecular weight excluding hydrogens is 304 g/mol. The van der Waals surface area contributed by atoms with Gasteiger partial charge in [-0.2, -0.15) is 0 Å². The van der Waals surface area contributed by atoms with Crippen LogP contribution in [0.4, 0.5) is 5.00 Å². The van der Waals surface area contributed by atoms with E-state index in [2.05, 4.69) is 29.4 Å². The third-order valence-electron chi connectivity index (χ3n) is 3.74. The third-order valence-corrected chi connectivity index (χ3v) is 4.58. The zero-order valence-corrected chi connectivity index (χ0v) is 13.7. The van der Waals surface area contributed by atoms with Gasteiger partial charge in [0.15, 0.2) is 0 Å². The van der Waals surface area contributed by atoms with Gasteiger partial charge in [0.25, 0.3) is 0 Å². The topological polar surface area (TPSA) is 42.0 Å². The molecule has 0 spiro atoms. The number of anilines is 1. The number of benzene rings is 1. The molecule has 2 heterocycles. The normalized spacial score (nSPS) is 11.9. The predicted octanol–water partition coefficient (Wildman–Crippen LogP) is 4.94. The Balaban J connectivity index is 1.61. The minimum Gasteiger partial charge on any atom is -0.318 e. The average molecular weight is 322 g/mol. The summed E-state index contributed by atoms with van der Waals surface area (Å²) < 4.78 is 0. The van der Waals surface area contributed by atoms with Crippen LogP contribution in [0.5, 0.6) is 0 Å². The Morgan fingerprint density at radius 1 is 1.13 bits per heavy atom. The van der Waals surface area contributed by atoms with Gasteiger partial charge in [-0.15, -0.1) is 11.3 Å². The van der Waals surface area contributed by atoms with Gasteiger partial charge >= 0.3 is 0 Å². The molecule has 1 aromatic carbocycles. The van der Waals surface area contributed by atoms with Crippen LogP contribution >= 0.6 is 11.3 Å². The van der Waals surface area contributed by atoms with Gasteiger partial charge in [0, 0.05) is 24.2 Å². The van der Waals surface area contributed by atoms with Gasteiger partial charge in [-0.25, -0.2) is 0 Å². The van der Waals surface area contributed by atoms with E-state index in [1.54, 1.807) is 23.7 Å². The van der Waals surface area contributed by atoms with Crippen molar-refractivity contribution in [1.29, 1.82) is 0 Å². The molecule has 3 aromatic rings. The molecule has 0 aliphatic carbocycles. The van der Waals surface area contributed by atoms with E-state index in [1.807, 2.05) is 41.8 Å². The van der Waals surface area contributed by atoms with Crippen LogP contribution in [0.15, 0.2) is 66.3 Å². The van der Waals surface area contributed by atoms with E-state index in [0.29, 0.717) is 6.42 Å². The van der Waals surface area contributed by atoms with Crippen LogP contribution < -0.4 is 5.32 Å². The van der Waals surface area contributed by atoms with E-state index in [1.165, 1.54) is 5.56 Å². The summed E-state index contributed by atoms with van der Waals surface area (Å²) in [6, 6.07) is 16.0. The van der Waals surface area contributed by atoms with Gasteiger partial charge in [0.05, 0.1) is 5.00 Å². The van der Waals surface area contributed by atoms with Crippen LogP contribution in [-0.4, -0.2) is 10.9 Å². The smallest absolute Gasteiger partial charge is 0.225 e. The molecule has 0 bridgehead atoms. The number of rotatable bonds is 5. The molecule has 0 aliphatic rings. The maximum atomic E-state index is 12.2. The Hall–Kier alpha value is -2.46. The summed E-state index contributed by atoms with van der Waals surface area (Å²) in [7, 11) is 0. The van der Waals surface area contributed by atoms with Crippen molar-refractivity contribution in [2.24, 2.45) is 0 Å². The highest BCUT2D eigenvalue weighted by atomic mass is 32.1. The Morgan fingerprint density at radius 2 is 1.87 bits per heavy atom. The van der Waals surface area contributed by atoms with Crippen LogP contribution in [0, 0.1) is 0 Å². The minimum absolute atomic E-state index is 0.0458. The minimum atomic E-state index is 0.0458. The van der Waals surface area contributed by atoms with E-state index in [9.17, 15) is 4.79 Å². The molecule has 0 fully saturated rings. The molecule has 3 nitrogen and oxygen atoms in total. The number of hydrogen-bond donors (Lipinski definition) is 1. The molecular formula is C19H18N2OS. The second kappa shape index (κ2) is 7.20. The molecule has 4 heteroatoms. The highest BCUT2D eigenvalue weighted by Gasteiger charge is 2.12. The second-order valence-electron chi connectivity index (χ2n) is 5.50. The summed E-state index contributed by atoms with van der Waals surface area (Å²) >= 11 is 1.54. The number of hydrogen-bond acceptors (Lipinski definition) is 3. The van der Waals surface area contributed by atoms with Crippen molar-refractivity contribution in [1.82, 2.24) is 4.98 Å². The lowest BCUT2D eigenvalue weighted by Gasteiger charge is -2.11. The standard InChI is InChI=1S/C19H18N2OS/c1-14(15-5-3-2-4-6-15)11-18(22)21-19-12-17(13-23-19)16-7-9-20-10-8-16/h2-10,12-14H,11H2,1H3,(H,21,22). The number of carbonyl (C=O) groups is 1. The summed E-state index contributed by atoms with van der Waals surface area (Å²) in [5, 5.41) is 5.92. The average Bonchev–Trinajstić information content (AvgIpc) is 3.04. The molecule has 0 saturated heterocycles. The van der Waals surface area contributed by atoms with Gasteiger partial charge in [-0.1, -0.05) is 37.3 Å². The molecule has 3 rings (SSSR count). The Bertz CT molecular complexity index is 768. The second-order valence-corrected chi connectivity index (χ2v) is 6.41. The van der Waals surface area contributed by atoms with Crippen molar-refractivity contribution in [2.75, 3.05) is 5.32 Å². The fourth-order valence-corrected chi connectivity index (χ4v) is 3.29. The number of thiophene rings is 1. The summed E-state index contributed by atoms with van der Waals surface area (Å²) in [5.41, 5.74) is 3.39. The zero-order valence-electron chi connectivity index (χ0n) is 12.9. The van der Waals surface area contributed by atoms with Crippen molar-refractivity contribution < 1.29 is 4.79 Å². The lowest BCUT2D eigenvalue weighted by atomic mass is 9.98. The molecule has 116 valence electrons. The SMILES string of the molecule is CC(CC(=O)Nc1cc(-c2ccncc2)cs1)c1ccccc1. The molecule has 1 N–H and O–H groups in total. The lowest BCUT2D eigenvalue weighted by molar-refractivity contribution is -0.116. The van der Waals surface area contributed by atoms with Gasteiger partial charge in [-0.3, -0.25) is 9.78 Å². The highest BCUT2D eigenvalue weighted by Crippen LogP contribution is 2.29. The molecule has 1 amide bonds. The van der Waals surface area contributed by atoms with Crippen LogP contribution in [0.3, 0.4) is 0 Å². The van der Waals surface area contributed by atoms with Crippen molar-refractivity contribution in [3.63, 3.8) is 0 Å². The summed E-state index contributed by atoms with van der Waals surface area (Å²) in [6.45, 7) is 2.08. The number of pyridine rings is 1. The molecule has 2 aromatic heterocycles. The number of nitrogens with one attached hydrogen (secondary N) is 1. The summed E-state index contributed by atoms with van der Waals surface area (Å²) in [5.74, 6) is 0.250. The number of aromatic nitrogens is 1. The molecule has 1 unspecified atom stereocenters. The summed E-state index contributed by atoms with van der Waals surface area (Å²) in [6.07, 6.45) is 4.02.